The summed E-state index contributed by atoms with van der Waals surface area (Å²) in [7, 11) is 1.44. The topological polar surface area (TPSA) is 154 Å². The standard InChI is InChI=1S/C26H36N2O8/c1-13(7-8-17(30)19-21(31)20(28-24(19)33)16(4)23(32)27-6)11-14(2)22-15(3)18-9-10-26(34,12-29)25(5,35-18)36-22/h7-11,14-16,18,20,22,29-30,34H,12H2,1-6H3,(H,27,32)(H,28,33)/b8-7?,13-11?,19-17-. The Labute approximate surface area is 210 Å². The maximum absolute atomic E-state index is 12.7. The molecule has 2 fully saturated rings. The first-order valence-electron chi connectivity index (χ1n) is 12.0. The molecule has 8 atom stereocenters. The molecule has 0 aliphatic carbocycles. The van der Waals surface area contributed by atoms with Gasteiger partial charge in [0, 0.05) is 18.9 Å². The summed E-state index contributed by atoms with van der Waals surface area (Å²) in [5.41, 5.74) is -1.31. The van der Waals surface area contributed by atoms with Crippen LogP contribution in [0.1, 0.15) is 34.6 Å². The molecule has 2 bridgehead atoms. The van der Waals surface area contributed by atoms with Gasteiger partial charge in [-0.1, -0.05) is 44.6 Å². The van der Waals surface area contributed by atoms with Gasteiger partial charge in [-0.05, 0) is 26.0 Å². The van der Waals surface area contributed by atoms with Crippen molar-refractivity contribution in [2.24, 2.45) is 17.8 Å². The van der Waals surface area contributed by atoms with Crippen molar-refractivity contribution in [3.05, 3.63) is 47.3 Å². The predicted octanol–water partition coefficient (Wildman–Crippen LogP) is 0.816. The van der Waals surface area contributed by atoms with E-state index < -0.39 is 53.3 Å². The van der Waals surface area contributed by atoms with Gasteiger partial charge in [-0.2, -0.15) is 0 Å². The van der Waals surface area contributed by atoms with Crippen molar-refractivity contribution in [3.63, 3.8) is 0 Å². The normalized spacial score (nSPS) is 37.6. The Balaban J connectivity index is 1.76. The van der Waals surface area contributed by atoms with Crippen LogP contribution in [0.15, 0.2) is 47.3 Å². The van der Waals surface area contributed by atoms with Gasteiger partial charge in [0.25, 0.3) is 5.91 Å². The van der Waals surface area contributed by atoms with E-state index in [4.69, 9.17) is 9.47 Å². The van der Waals surface area contributed by atoms with E-state index in [0.717, 1.165) is 5.57 Å². The number of aliphatic hydroxyl groups is 3. The molecule has 0 aromatic heterocycles. The highest BCUT2D eigenvalue weighted by molar-refractivity contribution is 6.27. The van der Waals surface area contributed by atoms with E-state index in [2.05, 4.69) is 10.6 Å². The van der Waals surface area contributed by atoms with Crippen LogP contribution in [0.3, 0.4) is 0 Å². The van der Waals surface area contributed by atoms with Crippen LogP contribution in [-0.4, -0.2) is 76.2 Å². The molecule has 0 radical (unpaired) electrons. The Bertz CT molecular complexity index is 1050. The van der Waals surface area contributed by atoms with Crippen molar-refractivity contribution >= 4 is 17.6 Å². The fourth-order valence-corrected chi connectivity index (χ4v) is 4.93. The summed E-state index contributed by atoms with van der Waals surface area (Å²) >= 11 is 0. The molecule has 0 spiro atoms. The molecular formula is C26H36N2O8. The molecule has 10 nitrogen and oxygen atoms in total. The molecule has 2 amide bonds. The van der Waals surface area contributed by atoms with Gasteiger partial charge >= 0.3 is 0 Å². The van der Waals surface area contributed by atoms with Crippen LogP contribution in [0, 0.1) is 17.8 Å². The lowest BCUT2D eigenvalue weighted by atomic mass is 9.80. The SMILES string of the molecule is CNC(=O)C(C)C1NC(=O)/C(=C(\O)C=CC(C)=CC(C)C2OC3(C)OC(C=CC3(O)CO)C2C)C1=O. The van der Waals surface area contributed by atoms with E-state index in [1.54, 1.807) is 26.0 Å². The summed E-state index contributed by atoms with van der Waals surface area (Å²) in [6, 6.07) is -1.04. The second kappa shape index (κ2) is 10.3. The highest BCUT2D eigenvalue weighted by atomic mass is 16.7. The van der Waals surface area contributed by atoms with Gasteiger partial charge in [-0.3, -0.25) is 14.4 Å². The first-order chi connectivity index (χ1) is 16.8. The monoisotopic (exact) mass is 504 g/mol. The molecule has 2 saturated heterocycles. The van der Waals surface area contributed by atoms with Gasteiger partial charge in [-0.25, -0.2) is 0 Å². The van der Waals surface area contributed by atoms with Crippen LogP contribution in [0.4, 0.5) is 0 Å². The number of rotatable bonds is 7. The Hall–Kier alpha value is -2.79. The zero-order chi connectivity index (χ0) is 27.0. The number of hydrogen-bond donors (Lipinski definition) is 5. The highest BCUT2D eigenvalue weighted by Gasteiger charge is 2.57. The number of ketones is 1. The number of amides is 2. The average Bonchev–Trinajstić information content (AvgIpc) is 3.14. The van der Waals surface area contributed by atoms with Crippen LogP contribution in [0.2, 0.25) is 0 Å². The highest BCUT2D eigenvalue weighted by Crippen LogP contribution is 2.44. The van der Waals surface area contributed by atoms with Crippen molar-refractivity contribution in [1.29, 1.82) is 0 Å². The van der Waals surface area contributed by atoms with Crippen molar-refractivity contribution in [1.82, 2.24) is 10.6 Å². The maximum atomic E-state index is 12.7. The first kappa shape index (κ1) is 27.8. The molecule has 10 heteroatoms. The van der Waals surface area contributed by atoms with Crippen LogP contribution in [0.25, 0.3) is 0 Å². The van der Waals surface area contributed by atoms with Gasteiger partial charge in [0.2, 0.25) is 11.7 Å². The number of nitrogens with one attached hydrogen (secondary N) is 2. The smallest absolute Gasteiger partial charge is 0.259 e. The number of hydrogen-bond acceptors (Lipinski definition) is 8. The minimum Gasteiger partial charge on any atom is -0.507 e. The van der Waals surface area contributed by atoms with Crippen molar-refractivity contribution in [2.75, 3.05) is 13.7 Å². The summed E-state index contributed by atoms with van der Waals surface area (Å²) in [6.45, 7) is 8.30. The maximum Gasteiger partial charge on any atom is 0.259 e. The average molecular weight is 505 g/mol. The summed E-state index contributed by atoms with van der Waals surface area (Å²) in [5.74, 6) is -4.64. The number of fused-ring (bicyclic) bond motifs is 2. The zero-order valence-corrected chi connectivity index (χ0v) is 21.4. The minimum absolute atomic E-state index is 0.0461. The summed E-state index contributed by atoms with van der Waals surface area (Å²) < 4.78 is 12.1. The number of carbonyl (C=O) groups is 3. The van der Waals surface area contributed by atoms with E-state index >= 15 is 0 Å². The molecule has 3 rings (SSSR count). The number of carbonyl (C=O) groups excluding carboxylic acids is 3. The Kier molecular flexibility index (Phi) is 7.95. The number of ether oxygens (including phenoxy) is 2. The minimum atomic E-state index is -1.67. The summed E-state index contributed by atoms with van der Waals surface area (Å²) in [6.07, 6.45) is 7.39. The number of allylic oxidation sites excluding steroid dienone is 3. The molecule has 3 aliphatic heterocycles. The number of aliphatic hydroxyl groups excluding tert-OH is 2. The molecule has 36 heavy (non-hydrogen) atoms. The lowest BCUT2D eigenvalue weighted by Crippen LogP contribution is -2.66. The van der Waals surface area contributed by atoms with E-state index in [1.807, 2.05) is 19.9 Å². The molecule has 5 N–H and O–H groups in total. The molecule has 0 saturated carbocycles. The van der Waals surface area contributed by atoms with Crippen molar-refractivity contribution < 1.29 is 39.2 Å². The Morgan fingerprint density at radius 2 is 1.94 bits per heavy atom. The van der Waals surface area contributed by atoms with Gasteiger partial charge < -0.3 is 35.4 Å². The molecule has 198 valence electrons. The number of Topliss-reactive ketones (excluding diaryl/α,β-unsaturated/α-hetero) is 1. The third-order valence-electron chi connectivity index (χ3n) is 7.35. The van der Waals surface area contributed by atoms with Crippen LogP contribution in [-0.2, 0) is 23.9 Å². The quantitative estimate of drug-likeness (QED) is 0.112. The second-order valence-electron chi connectivity index (χ2n) is 9.99. The van der Waals surface area contributed by atoms with E-state index in [-0.39, 0.29) is 29.6 Å². The fraction of sp³-hybridized carbons (Fsp3) is 0.577. The lowest BCUT2D eigenvalue weighted by molar-refractivity contribution is -0.381. The molecule has 0 aromatic rings. The summed E-state index contributed by atoms with van der Waals surface area (Å²) in [5, 5.41) is 35.9. The first-order valence-corrected chi connectivity index (χ1v) is 12.0. The third kappa shape index (κ3) is 4.90. The van der Waals surface area contributed by atoms with Gasteiger partial charge in [-0.15, -0.1) is 0 Å². The van der Waals surface area contributed by atoms with Crippen LogP contribution < -0.4 is 10.6 Å². The Morgan fingerprint density at radius 3 is 2.56 bits per heavy atom. The molecule has 0 aromatic carbocycles. The predicted molar refractivity (Wildman–Crippen MR) is 130 cm³/mol. The van der Waals surface area contributed by atoms with Crippen LogP contribution in [0.5, 0.6) is 0 Å². The molecule has 3 aliphatic rings. The third-order valence-corrected chi connectivity index (χ3v) is 7.35. The second-order valence-corrected chi connectivity index (χ2v) is 9.99. The Morgan fingerprint density at radius 1 is 1.28 bits per heavy atom. The fourth-order valence-electron chi connectivity index (χ4n) is 4.93. The molecule has 3 heterocycles. The van der Waals surface area contributed by atoms with E-state index in [0.29, 0.717) is 0 Å². The van der Waals surface area contributed by atoms with Gasteiger partial charge in [0.1, 0.15) is 17.4 Å². The van der Waals surface area contributed by atoms with Crippen molar-refractivity contribution in [2.45, 2.75) is 64.3 Å². The van der Waals surface area contributed by atoms with Gasteiger partial charge in [0.15, 0.2) is 11.4 Å². The lowest BCUT2D eigenvalue weighted by Gasteiger charge is -2.54. The van der Waals surface area contributed by atoms with Crippen molar-refractivity contribution in [3.8, 4) is 0 Å². The largest absolute Gasteiger partial charge is 0.507 e. The molecular weight excluding hydrogens is 468 g/mol. The van der Waals surface area contributed by atoms with Gasteiger partial charge in [0.05, 0.1) is 24.7 Å². The summed E-state index contributed by atoms with van der Waals surface area (Å²) in [4.78, 5) is 36.9. The van der Waals surface area contributed by atoms with E-state index in [1.165, 1.54) is 26.1 Å². The van der Waals surface area contributed by atoms with Crippen LogP contribution >= 0.6 is 0 Å². The zero-order valence-electron chi connectivity index (χ0n) is 21.4. The molecule has 8 unspecified atom stereocenters. The van der Waals surface area contributed by atoms with E-state index in [9.17, 15) is 29.7 Å².